The Balaban J connectivity index is 0.000000921. The lowest BCUT2D eigenvalue weighted by Crippen LogP contribution is -2.33. The van der Waals surface area contributed by atoms with E-state index in [1.165, 1.54) is 12.3 Å². The van der Waals surface area contributed by atoms with Gasteiger partial charge >= 0.3 is 5.69 Å². The summed E-state index contributed by atoms with van der Waals surface area (Å²) in [5.41, 5.74) is -1.05. The van der Waals surface area contributed by atoms with Crippen LogP contribution < -0.4 is 11.2 Å². The summed E-state index contributed by atoms with van der Waals surface area (Å²) in [5.74, 6) is -0.0800. The molecule has 1 atom stereocenters. The van der Waals surface area contributed by atoms with E-state index < -0.39 is 17.5 Å². The van der Waals surface area contributed by atoms with Gasteiger partial charge in [-0.05, 0) is 5.92 Å². The van der Waals surface area contributed by atoms with Crippen molar-refractivity contribution in [3.05, 3.63) is 33.1 Å². The van der Waals surface area contributed by atoms with Crippen molar-refractivity contribution >= 4 is 0 Å². The smallest absolute Gasteiger partial charge is 0.330 e. The molecule has 0 aliphatic rings. The number of aromatic nitrogens is 2. The molecule has 0 saturated heterocycles. The Kier molecular flexibility index (Phi) is 5.62. The number of nitrogens with one attached hydrogen (secondary N) is 1. The molecule has 86 valence electrons. The van der Waals surface area contributed by atoms with Crippen LogP contribution in [0.2, 0.25) is 0 Å². The number of hydrogen-bond donors (Lipinski definition) is 2. The Morgan fingerprint density at radius 3 is 2.27 bits per heavy atom. The van der Waals surface area contributed by atoms with Crippen LogP contribution in [0.4, 0.5) is 0 Å². The summed E-state index contributed by atoms with van der Waals surface area (Å²) in [6.07, 6.45) is 0.385. The predicted molar refractivity (Wildman–Crippen MR) is 58.8 cm³/mol. The quantitative estimate of drug-likeness (QED) is 0.761. The third-order valence-electron chi connectivity index (χ3n) is 1.73. The first-order valence-electron chi connectivity index (χ1n) is 5.02. The average Bonchev–Trinajstić information content (AvgIpc) is 2.20. The highest BCUT2D eigenvalue weighted by atomic mass is 16.3. The fourth-order valence-electron chi connectivity index (χ4n) is 0.957. The summed E-state index contributed by atoms with van der Waals surface area (Å²) < 4.78 is 1.09. The summed E-state index contributed by atoms with van der Waals surface area (Å²) in [6, 6.07) is 1.20. The summed E-state index contributed by atoms with van der Waals surface area (Å²) in [6.45, 7) is 7.56. The summed E-state index contributed by atoms with van der Waals surface area (Å²) in [5, 5.41) is 9.51. The number of aliphatic hydroxyl groups is 1. The monoisotopic (exact) mass is 214 g/mol. The van der Waals surface area contributed by atoms with Gasteiger partial charge in [0.25, 0.3) is 5.56 Å². The number of rotatable bonds is 2. The largest absolute Gasteiger partial charge is 0.373 e. The van der Waals surface area contributed by atoms with E-state index in [1.54, 1.807) is 13.8 Å². The van der Waals surface area contributed by atoms with Gasteiger partial charge in [-0.1, -0.05) is 27.7 Å². The molecule has 0 spiro atoms. The molecule has 0 aliphatic carbocycles. The summed E-state index contributed by atoms with van der Waals surface area (Å²) >= 11 is 0. The summed E-state index contributed by atoms with van der Waals surface area (Å²) in [7, 11) is 0. The molecule has 15 heavy (non-hydrogen) atoms. The Morgan fingerprint density at radius 2 is 1.87 bits per heavy atom. The van der Waals surface area contributed by atoms with Crippen LogP contribution in [-0.4, -0.2) is 14.7 Å². The highest BCUT2D eigenvalue weighted by Crippen LogP contribution is 2.09. The van der Waals surface area contributed by atoms with Crippen LogP contribution in [0.1, 0.15) is 33.9 Å². The van der Waals surface area contributed by atoms with E-state index in [4.69, 9.17) is 0 Å². The third kappa shape index (κ3) is 3.71. The minimum Gasteiger partial charge on any atom is -0.373 e. The van der Waals surface area contributed by atoms with E-state index in [1.807, 2.05) is 13.8 Å². The molecule has 0 bridgehead atoms. The molecule has 0 radical (unpaired) electrons. The van der Waals surface area contributed by atoms with E-state index in [0.717, 1.165) is 4.57 Å². The average molecular weight is 214 g/mol. The van der Waals surface area contributed by atoms with E-state index in [-0.39, 0.29) is 5.92 Å². The number of aliphatic hydroxyl groups excluding tert-OH is 1. The lowest BCUT2D eigenvalue weighted by Gasteiger charge is -2.16. The van der Waals surface area contributed by atoms with Crippen LogP contribution in [0, 0.1) is 5.92 Å². The maximum Gasteiger partial charge on any atom is 0.330 e. The maximum absolute atomic E-state index is 11.1. The molecule has 0 aliphatic heterocycles. The van der Waals surface area contributed by atoms with Gasteiger partial charge in [0, 0.05) is 12.3 Å². The van der Waals surface area contributed by atoms with Gasteiger partial charge in [-0.2, -0.15) is 0 Å². The second kappa shape index (κ2) is 6.19. The van der Waals surface area contributed by atoms with Gasteiger partial charge in [-0.15, -0.1) is 0 Å². The first kappa shape index (κ1) is 13.6. The number of nitrogens with zero attached hydrogens (tertiary/aromatic N) is 1. The first-order chi connectivity index (χ1) is 7.02. The number of aromatic amines is 1. The lowest BCUT2D eigenvalue weighted by atomic mass is 10.2. The zero-order valence-electron chi connectivity index (χ0n) is 9.52. The van der Waals surface area contributed by atoms with Crippen molar-refractivity contribution in [3.8, 4) is 0 Å². The van der Waals surface area contributed by atoms with Crippen LogP contribution in [-0.2, 0) is 0 Å². The molecule has 5 nitrogen and oxygen atoms in total. The fourth-order valence-corrected chi connectivity index (χ4v) is 0.957. The van der Waals surface area contributed by atoms with Crippen molar-refractivity contribution in [2.24, 2.45) is 5.92 Å². The zero-order chi connectivity index (χ0) is 12.0. The molecule has 1 unspecified atom stereocenters. The highest BCUT2D eigenvalue weighted by Gasteiger charge is 2.12. The van der Waals surface area contributed by atoms with Crippen molar-refractivity contribution in [1.29, 1.82) is 0 Å². The van der Waals surface area contributed by atoms with Gasteiger partial charge < -0.3 is 5.11 Å². The van der Waals surface area contributed by atoms with Gasteiger partial charge in [0.05, 0.1) is 0 Å². The summed E-state index contributed by atoms with van der Waals surface area (Å²) in [4.78, 5) is 23.9. The first-order valence-corrected chi connectivity index (χ1v) is 5.02. The zero-order valence-corrected chi connectivity index (χ0v) is 9.52. The van der Waals surface area contributed by atoms with E-state index in [0.29, 0.717) is 0 Å². The third-order valence-corrected chi connectivity index (χ3v) is 1.73. The Hall–Kier alpha value is -1.36. The van der Waals surface area contributed by atoms with E-state index in [9.17, 15) is 14.7 Å². The molecule has 0 saturated carbocycles. The van der Waals surface area contributed by atoms with Crippen molar-refractivity contribution in [1.82, 2.24) is 9.55 Å². The number of H-pyrrole nitrogens is 1. The SMILES string of the molecule is CC.CC(C)C(O)n1ccc(=O)[nH]c1=O. The van der Waals surface area contributed by atoms with Crippen molar-refractivity contribution < 1.29 is 5.11 Å². The number of hydrogen-bond acceptors (Lipinski definition) is 3. The Bertz CT molecular complexity index is 392. The molecule has 0 aromatic carbocycles. The predicted octanol–water partition coefficient (Wildman–Crippen LogP) is 0.710. The molecular weight excluding hydrogens is 196 g/mol. The van der Waals surface area contributed by atoms with E-state index >= 15 is 0 Å². The molecular formula is C10H18N2O3. The normalized spacial score (nSPS) is 11.9. The van der Waals surface area contributed by atoms with Crippen LogP contribution in [0.15, 0.2) is 21.9 Å². The molecule has 1 heterocycles. The maximum atomic E-state index is 11.1. The second-order valence-electron chi connectivity index (χ2n) is 3.18. The highest BCUT2D eigenvalue weighted by molar-refractivity contribution is 4.84. The van der Waals surface area contributed by atoms with Crippen LogP contribution in [0.3, 0.4) is 0 Å². The van der Waals surface area contributed by atoms with Crippen molar-refractivity contribution in [2.75, 3.05) is 0 Å². The Labute approximate surface area is 88.4 Å². The molecule has 1 aromatic rings. The Morgan fingerprint density at radius 1 is 1.33 bits per heavy atom. The van der Waals surface area contributed by atoms with Crippen LogP contribution >= 0.6 is 0 Å². The van der Waals surface area contributed by atoms with Crippen molar-refractivity contribution in [2.45, 2.75) is 33.9 Å². The molecule has 2 N–H and O–H groups in total. The van der Waals surface area contributed by atoms with E-state index in [2.05, 4.69) is 4.98 Å². The minimum absolute atomic E-state index is 0.0800. The van der Waals surface area contributed by atoms with Crippen molar-refractivity contribution in [3.63, 3.8) is 0 Å². The van der Waals surface area contributed by atoms with Gasteiger partial charge in [0.1, 0.15) is 6.23 Å². The molecule has 5 heteroatoms. The van der Waals surface area contributed by atoms with Gasteiger partial charge in [0.15, 0.2) is 0 Å². The lowest BCUT2D eigenvalue weighted by molar-refractivity contribution is 0.0519. The van der Waals surface area contributed by atoms with Crippen LogP contribution in [0.5, 0.6) is 0 Å². The molecule has 1 aromatic heterocycles. The van der Waals surface area contributed by atoms with Gasteiger partial charge in [-0.25, -0.2) is 4.79 Å². The topological polar surface area (TPSA) is 75.1 Å². The standard InChI is InChI=1S/C8H12N2O3.C2H6/c1-5(2)7(12)10-4-3-6(11)9-8(10)13;1-2/h3-5,7,12H,1-2H3,(H,9,11,13);1-2H3. The van der Waals surface area contributed by atoms with Crippen LogP contribution in [0.25, 0.3) is 0 Å². The van der Waals surface area contributed by atoms with Gasteiger partial charge in [0.2, 0.25) is 0 Å². The fraction of sp³-hybridized carbons (Fsp3) is 0.600. The molecule has 1 rings (SSSR count). The molecule has 0 fully saturated rings. The molecule has 0 amide bonds. The second-order valence-corrected chi connectivity index (χ2v) is 3.18. The van der Waals surface area contributed by atoms with Gasteiger partial charge in [-0.3, -0.25) is 14.3 Å². The minimum atomic E-state index is -0.899.